The maximum atomic E-state index is 5.41. The lowest BCUT2D eigenvalue weighted by molar-refractivity contribution is 0.263. The van der Waals surface area contributed by atoms with E-state index in [4.69, 9.17) is 16.4 Å². The molecule has 0 N–H and O–H groups in total. The summed E-state index contributed by atoms with van der Waals surface area (Å²) in [6.07, 6.45) is 10.0. The van der Waals surface area contributed by atoms with Gasteiger partial charge in [0.2, 0.25) is 0 Å². The van der Waals surface area contributed by atoms with Crippen LogP contribution in [0.4, 0.5) is 11.6 Å². The molecule has 1 aromatic carbocycles. The summed E-state index contributed by atoms with van der Waals surface area (Å²) in [5.74, 6) is 4.87. The molecule has 0 spiro atoms. The number of piperidine rings is 1. The Balaban J connectivity index is 1.61. The van der Waals surface area contributed by atoms with Crippen LogP contribution >= 0.6 is 0 Å². The molecule has 3 heterocycles. The van der Waals surface area contributed by atoms with E-state index in [1.807, 2.05) is 12.1 Å². The van der Waals surface area contributed by atoms with Gasteiger partial charge in [-0.1, -0.05) is 12.1 Å². The molecule has 2 aliphatic rings. The Morgan fingerprint density at radius 3 is 1.96 bits per heavy atom. The number of nitrogens with zero attached hydrogens (tertiary/aromatic N) is 5. The molecular weight excluding hydrogens is 322 g/mol. The molecule has 26 heavy (non-hydrogen) atoms. The highest BCUT2D eigenvalue weighted by Crippen LogP contribution is 2.30. The summed E-state index contributed by atoms with van der Waals surface area (Å²) in [6, 6.07) is 8.21. The van der Waals surface area contributed by atoms with Gasteiger partial charge in [-0.05, 0) is 31.4 Å². The summed E-state index contributed by atoms with van der Waals surface area (Å²) in [5.41, 5.74) is 1.97. The van der Waals surface area contributed by atoms with Gasteiger partial charge in [-0.15, -0.1) is 12.3 Å². The van der Waals surface area contributed by atoms with E-state index in [0.717, 1.165) is 74.9 Å². The summed E-state index contributed by atoms with van der Waals surface area (Å²) in [6.45, 7) is 7.21. The summed E-state index contributed by atoms with van der Waals surface area (Å²) < 4.78 is 0. The number of piperazine rings is 1. The minimum atomic E-state index is 0.828. The number of fused-ring (bicyclic) bond motifs is 1. The molecule has 0 amide bonds. The molecule has 2 aliphatic heterocycles. The van der Waals surface area contributed by atoms with Crippen molar-refractivity contribution < 1.29 is 0 Å². The summed E-state index contributed by atoms with van der Waals surface area (Å²) in [7, 11) is 0. The van der Waals surface area contributed by atoms with Gasteiger partial charge in [0, 0.05) is 52.2 Å². The number of terminal acetylenes is 1. The number of hydrogen-bond acceptors (Lipinski definition) is 5. The number of aromatic nitrogens is 2. The van der Waals surface area contributed by atoms with Crippen LogP contribution in [0.2, 0.25) is 0 Å². The highest BCUT2D eigenvalue weighted by Gasteiger charge is 2.25. The zero-order chi connectivity index (χ0) is 17.8. The van der Waals surface area contributed by atoms with E-state index in [1.54, 1.807) is 0 Å². The smallest absolute Gasteiger partial charge is 0.172 e. The summed E-state index contributed by atoms with van der Waals surface area (Å²) in [4.78, 5) is 17.4. The molecule has 5 nitrogen and oxygen atoms in total. The van der Waals surface area contributed by atoms with Gasteiger partial charge in [0.05, 0.1) is 11.0 Å². The van der Waals surface area contributed by atoms with Crippen LogP contribution < -0.4 is 9.80 Å². The van der Waals surface area contributed by atoms with Crippen LogP contribution in [0.15, 0.2) is 24.3 Å². The SMILES string of the molecule is C#CCCN1CCN(c2nc3ccccc3nc2N2CCCCC2)CC1. The molecule has 2 saturated heterocycles. The Kier molecular flexibility index (Phi) is 5.21. The van der Waals surface area contributed by atoms with Crippen molar-refractivity contribution in [3.8, 4) is 12.3 Å². The molecule has 0 radical (unpaired) electrons. The predicted octanol–water partition coefficient (Wildman–Crippen LogP) is 2.77. The molecule has 1 aromatic heterocycles. The predicted molar refractivity (Wildman–Crippen MR) is 108 cm³/mol. The lowest BCUT2D eigenvalue weighted by atomic mass is 10.1. The number of hydrogen-bond donors (Lipinski definition) is 0. The average molecular weight is 349 g/mol. The molecule has 2 fully saturated rings. The molecular formula is C21H27N5. The molecule has 0 bridgehead atoms. The molecule has 0 saturated carbocycles. The molecule has 0 unspecified atom stereocenters. The van der Waals surface area contributed by atoms with E-state index in [2.05, 4.69) is 32.8 Å². The number of anilines is 2. The van der Waals surface area contributed by atoms with Crippen molar-refractivity contribution in [1.29, 1.82) is 0 Å². The van der Waals surface area contributed by atoms with Gasteiger partial charge in [-0.2, -0.15) is 0 Å². The summed E-state index contributed by atoms with van der Waals surface area (Å²) >= 11 is 0. The van der Waals surface area contributed by atoms with Crippen molar-refractivity contribution in [1.82, 2.24) is 14.9 Å². The second-order valence-electron chi connectivity index (χ2n) is 7.19. The number of rotatable bonds is 4. The van der Waals surface area contributed by atoms with Crippen molar-refractivity contribution >= 4 is 22.7 Å². The summed E-state index contributed by atoms with van der Waals surface area (Å²) in [5, 5.41) is 0. The molecule has 4 rings (SSSR count). The largest absolute Gasteiger partial charge is 0.354 e. The first-order valence-electron chi connectivity index (χ1n) is 9.77. The van der Waals surface area contributed by atoms with E-state index in [0.29, 0.717) is 0 Å². The van der Waals surface area contributed by atoms with Crippen molar-refractivity contribution in [3.63, 3.8) is 0 Å². The minimum Gasteiger partial charge on any atom is -0.354 e. The third-order valence-electron chi connectivity index (χ3n) is 5.43. The first kappa shape index (κ1) is 17.1. The van der Waals surface area contributed by atoms with E-state index in [1.165, 1.54) is 19.3 Å². The maximum Gasteiger partial charge on any atom is 0.172 e. The van der Waals surface area contributed by atoms with Crippen molar-refractivity contribution in [2.75, 3.05) is 55.6 Å². The van der Waals surface area contributed by atoms with Crippen molar-refractivity contribution in [2.45, 2.75) is 25.7 Å². The standard InChI is InChI=1S/C21H27N5/c1-2-3-11-24-14-16-26(17-15-24)21-20(25-12-7-4-8-13-25)22-18-9-5-6-10-19(18)23-21/h1,5-6,9-10H,3-4,7-8,11-17H2. The van der Waals surface area contributed by atoms with Gasteiger partial charge >= 0.3 is 0 Å². The van der Waals surface area contributed by atoms with Crippen molar-refractivity contribution in [2.24, 2.45) is 0 Å². The topological polar surface area (TPSA) is 35.5 Å². The number of para-hydroxylation sites is 2. The molecule has 136 valence electrons. The van der Waals surface area contributed by atoms with Crippen LogP contribution in [-0.4, -0.2) is 60.7 Å². The first-order valence-corrected chi connectivity index (χ1v) is 9.77. The highest BCUT2D eigenvalue weighted by molar-refractivity contribution is 5.81. The molecule has 5 heteroatoms. The van der Waals surface area contributed by atoms with Gasteiger partial charge in [0.15, 0.2) is 11.6 Å². The van der Waals surface area contributed by atoms with Crippen molar-refractivity contribution in [3.05, 3.63) is 24.3 Å². The zero-order valence-electron chi connectivity index (χ0n) is 15.4. The lowest BCUT2D eigenvalue weighted by Crippen LogP contribution is -2.47. The lowest BCUT2D eigenvalue weighted by Gasteiger charge is -2.37. The third-order valence-corrected chi connectivity index (χ3v) is 5.43. The van der Waals surface area contributed by atoms with Crippen LogP contribution in [0.1, 0.15) is 25.7 Å². The fourth-order valence-corrected chi connectivity index (χ4v) is 3.92. The third kappa shape index (κ3) is 3.61. The minimum absolute atomic E-state index is 0.828. The van der Waals surface area contributed by atoms with Gasteiger partial charge in [0.25, 0.3) is 0 Å². The molecule has 0 atom stereocenters. The zero-order valence-corrected chi connectivity index (χ0v) is 15.4. The van der Waals surface area contributed by atoms with E-state index in [9.17, 15) is 0 Å². The Morgan fingerprint density at radius 1 is 0.808 bits per heavy atom. The normalized spacial score (nSPS) is 18.9. The highest BCUT2D eigenvalue weighted by atomic mass is 15.3. The number of benzene rings is 1. The Morgan fingerprint density at radius 2 is 1.38 bits per heavy atom. The second-order valence-corrected chi connectivity index (χ2v) is 7.19. The van der Waals surface area contributed by atoms with Crippen LogP contribution in [0.5, 0.6) is 0 Å². The van der Waals surface area contributed by atoms with E-state index < -0.39 is 0 Å². The first-order chi connectivity index (χ1) is 12.8. The fraction of sp³-hybridized carbons (Fsp3) is 0.524. The maximum absolute atomic E-state index is 5.41. The van der Waals surface area contributed by atoms with Crippen LogP contribution in [-0.2, 0) is 0 Å². The van der Waals surface area contributed by atoms with Crippen LogP contribution in [0.25, 0.3) is 11.0 Å². The van der Waals surface area contributed by atoms with Gasteiger partial charge < -0.3 is 9.80 Å². The second kappa shape index (κ2) is 7.92. The molecule has 2 aromatic rings. The van der Waals surface area contributed by atoms with Crippen LogP contribution in [0.3, 0.4) is 0 Å². The molecule has 0 aliphatic carbocycles. The Bertz CT molecular complexity index is 783. The Hall–Kier alpha value is -2.32. The quantitative estimate of drug-likeness (QED) is 0.793. The van der Waals surface area contributed by atoms with E-state index in [-0.39, 0.29) is 0 Å². The van der Waals surface area contributed by atoms with E-state index >= 15 is 0 Å². The fourth-order valence-electron chi connectivity index (χ4n) is 3.92. The van der Waals surface area contributed by atoms with Crippen LogP contribution in [0, 0.1) is 12.3 Å². The van der Waals surface area contributed by atoms with Gasteiger partial charge in [-0.25, -0.2) is 9.97 Å². The monoisotopic (exact) mass is 349 g/mol. The average Bonchev–Trinajstić information content (AvgIpc) is 2.72. The Labute approximate surface area is 156 Å². The van der Waals surface area contributed by atoms with Gasteiger partial charge in [-0.3, -0.25) is 4.90 Å². The van der Waals surface area contributed by atoms with Gasteiger partial charge in [0.1, 0.15) is 0 Å².